The number of aromatic nitrogens is 5. The van der Waals surface area contributed by atoms with Crippen LogP contribution in [0.3, 0.4) is 0 Å². The zero-order valence-electron chi connectivity index (χ0n) is 10.6. The molecule has 21 heavy (non-hydrogen) atoms. The van der Waals surface area contributed by atoms with E-state index in [1.165, 1.54) is 23.5 Å². The van der Waals surface area contributed by atoms with E-state index in [0.717, 1.165) is 16.3 Å². The first-order valence-electron chi connectivity index (χ1n) is 6.21. The number of hydrogen-bond donors (Lipinski definition) is 0. The van der Waals surface area contributed by atoms with Gasteiger partial charge in [0.15, 0.2) is 10.8 Å². The fourth-order valence-electron chi connectivity index (χ4n) is 1.99. The minimum atomic E-state index is -0.285. The standard InChI is InChI=1S/C14H8FN5S/c15-10-6-4-9(5-7-10)12-17-18-14-20(12)19-13(21-14)11-3-1-2-8-16-11/h1-8H. The molecule has 7 heteroatoms. The first kappa shape index (κ1) is 12.1. The van der Waals surface area contributed by atoms with Crippen molar-refractivity contribution in [3.63, 3.8) is 0 Å². The second kappa shape index (κ2) is 4.71. The van der Waals surface area contributed by atoms with Crippen molar-refractivity contribution in [1.29, 1.82) is 0 Å². The van der Waals surface area contributed by atoms with Gasteiger partial charge in [-0.05, 0) is 36.4 Å². The highest BCUT2D eigenvalue weighted by Crippen LogP contribution is 2.26. The first-order valence-corrected chi connectivity index (χ1v) is 7.02. The molecule has 3 aromatic heterocycles. The number of hydrogen-bond acceptors (Lipinski definition) is 5. The van der Waals surface area contributed by atoms with Crippen LogP contribution < -0.4 is 0 Å². The van der Waals surface area contributed by atoms with Crippen LogP contribution in [0.5, 0.6) is 0 Å². The van der Waals surface area contributed by atoms with Crippen molar-refractivity contribution in [2.24, 2.45) is 0 Å². The third-order valence-corrected chi connectivity index (χ3v) is 3.90. The fraction of sp³-hybridized carbons (Fsp3) is 0. The van der Waals surface area contributed by atoms with Gasteiger partial charge in [-0.2, -0.15) is 9.61 Å². The van der Waals surface area contributed by atoms with E-state index in [9.17, 15) is 4.39 Å². The molecule has 4 rings (SSSR count). The van der Waals surface area contributed by atoms with Gasteiger partial charge in [-0.25, -0.2) is 4.39 Å². The zero-order valence-corrected chi connectivity index (χ0v) is 11.5. The summed E-state index contributed by atoms with van der Waals surface area (Å²) in [5.74, 6) is 0.301. The summed E-state index contributed by atoms with van der Waals surface area (Å²) in [4.78, 5) is 4.95. The molecule has 0 bridgehead atoms. The average molecular weight is 297 g/mol. The number of halogens is 1. The molecule has 0 unspecified atom stereocenters. The van der Waals surface area contributed by atoms with Crippen LogP contribution in [0.1, 0.15) is 0 Å². The van der Waals surface area contributed by atoms with Crippen molar-refractivity contribution in [3.05, 3.63) is 54.5 Å². The maximum absolute atomic E-state index is 13.0. The fourth-order valence-corrected chi connectivity index (χ4v) is 2.80. The van der Waals surface area contributed by atoms with Crippen molar-refractivity contribution < 1.29 is 4.39 Å². The van der Waals surface area contributed by atoms with Crippen molar-refractivity contribution in [1.82, 2.24) is 24.8 Å². The number of fused-ring (bicyclic) bond motifs is 1. The normalized spacial score (nSPS) is 11.1. The second-order valence-corrected chi connectivity index (χ2v) is 5.30. The van der Waals surface area contributed by atoms with Crippen molar-refractivity contribution in [2.45, 2.75) is 0 Å². The summed E-state index contributed by atoms with van der Waals surface area (Å²) >= 11 is 1.41. The lowest BCUT2D eigenvalue weighted by atomic mass is 10.2. The van der Waals surface area contributed by atoms with E-state index >= 15 is 0 Å². The summed E-state index contributed by atoms with van der Waals surface area (Å²) in [6, 6.07) is 11.8. The summed E-state index contributed by atoms with van der Waals surface area (Å²) in [5, 5.41) is 13.5. The maximum Gasteiger partial charge on any atom is 0.235 e. The van der Waals surface area contributed by atoms with Gasteiger partial charge in [0.05, 0.1) is 0 Å². The van der Waals surface area contributed by atoms with E-state index in [2.05, 4.69) is 20.3 Å². The second-order valence-electron chi connectivity index (χ2n) is 4.35. The Kier molecular flexibility index (Phi) is 2.71. The molecule has 0 aliphatic carbocycles. The predicted molar refractivity (Wildman–Crippen MR) is 77.3 cm³/mol. The molecular formula is C14H8FN5S. The molecule has 0 spiro atoms. The Balaban J connectivity index is 1.85. The van der Waals surface area contributed by atoms with Crippen LogP contribution in [0.15, 0.2) is 48.7 Å². The highest BCUT2D eigenvalue weighted by molar-refractivity contribution is 7.19. The quantitative estimate of drug-likeness (QED) is 0.570. The Morgan fingerprint density at radius 2 is 1.86 bits per heavy atom. The van der Waals surface area contributed by atoms with Gasteiger partial charge >= 0.3 is 0 Å². The van der Waals surface area contributed by atoms with Gasteiger partial charge in [-0.1, -0.05) is 17.4 Å². The Morgan fingerprint density at radius 3 is 2.62 bits per heavy atom. The van der Waals surface area contributed by atoms with Crippen molar-refractivity contribution in [2.75, 3.05) is 0 Å². The van der Waals surface area contributed by atoms with E-state index in [1.807, 2.05) is 18.2 Å². The summed E-state index contributed by atoms with van der Waals surface area (Å²) < 4.78 is 14.7. The Labute approximate surface area is 122 Å². The molecule has 0 radical (unpaired) electrons. The van der Waals surface area contributed by atoms with Crippen molar-refractivity contribution in [3.8, 4) is 22.1 Å². The monoisotopic (exact) mass is 297 g/mol. The largest absolute Gasteiger partial charge is 0.254 e. The third-order valence-electron chi connectivity index (χ3n) is 2.98. The van der Waals surface area contributed by atoms with Crippen LogP contribution in [0.2, 0.25) is 0 Å². The molecule has 0 saturated carbocycles. The Morgan fingerprint density at radius 1 is 1.00 bits per heavy atom. The zero-order chi connectivity index (χ0) is 14.2. The Bertz CT molecular complexity index is 898. The highest BCUT2D eigenvalue weighted by atomic mass is 32.1. The summed E-state index contributed by atoms with van der Waals surface area (Å²) in [6.45, 7) is 0. The average Bonchev–Trinajstić information content (AvgIpc) is 3.09. The van der Waals surface area contributed by atoms with E-state index in [4.69, 9.17) is 0 Å². The SMILES string of the molecule is Fc1ccc(-c2nnc3sc(-c4ccccn4)nn23)cc1. The molecule has 0 N–H and O–H groups in total. The topological polar surface area (TPSA) is 56.0 Å². The summed E-state index contributed by atoms with van der Waals surface area (Å²) in [6.07, 6.45) is 1.72. The smallest absolute Gasteiger partial charge is 0.235 e. The van der Waals surface area contributed by atoms with Crippen LogP contribution in [0, 0.1) is 5.82 Å². The molecular weight excluding hydrogens is 289 g/mol. The Hall–Kier alpha value is -2.67. The lowest BCUT2D eigenvalue weighted by Gasteiger charge is -1.96. The minimum Gasteiger partial charge on any atom is -0.254 e. The molecule has 0 amide bonds. The molecule has 0 saturated heterocycles. The number of rotatable bonds is 2. The molecule has 3 heterocycles. The van der Waals surface area contributed by atoms with Gasteiger partial charge in [0.1, 0.15) is 11.5 Å². The van der Waals surface area contributed by atoms with Gasteiger partial charge < -0.3 is 0 Å². The molecule has 1 aromatic carbocycles. The molecule has 5 nitrogen and oxygen atoms in total. The van der Waals surface area contributed by atoms with Gasteiger partial charge in [-0.15, -0.1) is 10.2 Å². The van der Waals surface area contributed by atoms with Gasteiger partial charge in [0.25, 0.3) is 0 Å². The van der Waals surface area contributed by atoms with Crippen LogP contribution >= 0.6 is 11.3 Å². The van der Waals surface area contributed by atoms with E-state index in [0.29, 0.717) is 10.8 Å². The maximum atomic E-state index is 13.0. The van der Waals surface area contributed by atoms with Gasteiger partial charge in [0.2, 0.25) is 4.96 Å². The van der Waals surface area contributed by atoms with E-state index in [-0.39, 0.29) is 5.82 Å². The number of nitrogens with zero attached hydrogens (tertiary/aromatic N) is 5. The first-order chi connectivity index (χ1) is 10.3. The number of pyridine rings is 1. The predicted octanol–water partition coefficient (Wildman–Crippen LogP) is 3.05. The van der Waals surface area contributed by atoms with Crippen LogP contribution in [0.4, 0.5) is 4.39 Å². The summed E-state index contributed by atoms with van der Waals surface area (Å²) in [7, 11) is 0. The lowest BCUT2D eigenvalue weighted by molar-refractivity contribution is 0.628. The lowest BCUT2D eigenvalue weighted by Crippen LogP contribution is -1.91. The van der Waals surface area contributed by atoms with Crippen LogP contribution in [-0.4, -0.2) is 24.8 Å². The molecule has 102 valence electrons. The molecule has 0 fully saturated rings. The molecule has 0 aliphatic rings. The minimum absolute atomic E-state index is 0.285. The van der Waals surface area contributed by atoms with E-state index < -0.39 is 0 Å². The van der Waals surface area contributed by atoms with Crippen molar-refractivity contribution >= 4 is 16.3 Å². The molecule has 0 aliphatic heterocycles. The van der Waals surface area contributed by atoms with E-state index in [1.54, 1.807) is 22.8 Å². The van der Waals surface area contributed by atoms with Gasteiger partial charge in [0, 0.05) is 11.8 Å². The van der Waals surface area contributed by atoms with Crippen LogP contribution in [-0.2, 0) is 0 Å². The molecule has 0 atom stereocenters. The highest BCUT2D eigenvalue weighted by Gasteiger charge is 2.14. The van der Waals surface area contributed by atoms with Crippen LogP contribution in [0.25, 0.3) is 27.1 Å². The third kappa shape index (κ3) is 2.07. The van der Waals surface area contributed by atoms with Gasteiger partial charge in [-0.3, -0.25) is 4.98 Å². The summed E-state index contributed by atoms with van der Waals surface area (Å²) in [5.41, 5.74) is 1.56. The molecule has 4 aromatic rings. The number of benzene rings is 1.